The van der Waals surface area contributed by atoms with Crippen molar-refractivity contribution in [1.29, 1.82) is 0 Å². The molecule has 1 N–H and O–H groups in total. The van der Waals surface area contributed by atoms with Crippen LogP contribution in [0.4, 0.5) is 4.39 Å². The fourth-order valence-electron chi connectivity index (χ4n) is 5.45. The van der Waals surface area contributed by atoms with Crippen molar-refractivity contribution >= 4 is 22.5 Å². The summed E-state index contributed by atoms with van der Waals surface area (Å²) in [5, 5.41) is 4.22. The Morgan fingerprint density at radius 2 is 2.05 bits per heavy atom. The molecule has 8 nitrogen and oxygen atoms in total. The number of carbonyl (C=O) groups is 1. The number of hydrogen-bond acceptors (Lipinski definition) is 6. The van der Waals surface area contributed by atoms with Gasteiger partial charge in [-0.3, -0.25) is 9.78 Å². The number of pyridine rings is 1. The smallest absolute Gasteiger partial charge is 0.220 e. The minimum absolute atomic E-state index is 0.111. The van der Waals surface area contributed by atoms with Crippen LogP contribution in [0, 0.1) is 5.82 Å². The third-order valence-electron chi connectivity index (χ3n) is 7.35. The van der Waals surface area contributed by atoms with E-state index in [1.807, 2.05) is 25.3 Å². The van der Waals surface area contributed by atoms with Gasteiger partial charge in [0.1, 0.15) is 11.5 Å². The van der Waals surface area contributed by atoms with Gasteiger partial charge in [-0.25, -0.2) is 14.4 Å². The molecular formula is C29H36FN5O3. The van der Waals surface area contributed by atoms with E-state index in [0.29, 0.717) is 45.1 Å². The van der Waals surface area contributed by atoms with Crippen molar-refractivity contribution in [3.8, 4) is 0 Å². The number of nitrogens with zero attached hydrogens (tertiary/aromatic N) is 4. The van der Waals surface area contributed by atoms with E-state index >= 15 is 0 Å². The molecule has 0 saturated heterocycles. The summed E-state index contributed by atoms with van der Waals surface area (Å²) in [6.07, 6.45) is 14.0. The highest BCUT2D eigenvalue weighted by Crippen LogP contribution is 2.34. The van der Waals surface area contributed by atoms with Crippen LogP contribution in [0.3, 0.4) is 0 Å². The van der Waals surface area contributed by atoms with E-state index in [0.717, 1.165) is 66.4 Å². The van der Waals surface area contributed by atoms with Crippen LogP contribution in [-0.2, 0) is 20.7 Å². The van der Waals surface area contributed by atoms with Crippen molar-refractivity contribution < 1.29 is 18.7 Å². The molecule has 2 atom stereocenters. The molecular weight excluding hydrogens is 485 g/mol. The summed E-state index contributed by atoms with van der Waals surface area (Å²) in [6, 6.07) is 3.95. The van der Waals surface area contributed by atoms with E-state index in [1.54, 1.807) is 0 Å². The van der Waals surface area contributed by atoms with Gasteiger partial charge in [-0.15, -0.1) is 0 Å². The third kappa shape index (κ3) is 6.27. The lowest BCUT2D eigenvalue weighted by Crippen LogP contribution is -2.38. The molecule has 1 unspecified atom stereocenters. The molecule has 2 aliphatic rings. The molecule has 1 fully saturated rings. The number of halogens is 1. The first-order valence-electron chi connectivity index (χ1n) is 13.8. The summed E-state index contributed by atoms with van der Waals surface area (Å²) in [6.45, 7) is 4.55. The van der Waals surface area contributed by atoms with Gasteiger partial charge in [-0.1, -0.05) is 6.08 Å². The van der Waals surface area contributed by atoms with Gasteiger partial charge < -0.3 is 19.4 Å². The van der Waals surface area contributed by atoms with Gasteiger partial charge >= 0.3 is 0 Å². The van der Waals surface area contributed by atoms with Gasteiger partial charge in [0, 0.05) is 67.1 Å². The molecule has 0 aromatic carbocycles. The summed E-state index contributed by atoms with van der Waals surface area (Å²) in [4.78, 5) is 26.3. The zero-order chi connectivity index (χ0) is 26.3. The minimum Gasteiger partial charge on any atom is -0.379 e. The van der Waals surface area contributed by atoms with Crippen LogP contribution in [0.2, 0.25) is 0 Å². The number of hydrogen-bond donors (Lipinski definition) is 1. The number of nitrogens with one attached hydrogen (secondary N) is 1. The maximum atomic E-state index is 13.9. The van der Waals surface area contributed by atoms with Gasteiger partial charge in [0.15, 0.2) is 5.82 Å². The van der Waals surface area contributed by atoms with Crippen molar-refractivity contribution in [2.45, 2.75) is 70.4 Å². The van der Waals surface area contributed by atoms with Gasteiger partial charge in [-0.05, 0) is 57.6 Å². The molecule has 3 aromatic heterocycles. The molecule has 38 heavy (non-hydrogen) atoms. The fraction of sp³-hybridized carbons (Fsp3) is 0.517. The van der Waals surface area contributed by atoms with Crippen LogP contribution in [0.5, 0.6) is 0 Å². The quantitative estimate of drug-likeness (QED) is 0.345. The number of rotatable bonds is 12. The first kappa shape index (κ1) is 26.4. The first-order valence-corrected chi connectivity index (χ1v) is 13.8. The van der Waals surface area contributed by atoms with Gasteiger partial charge in [-0.2, -0.15) is 0 Å². The van der Waals surface area contributed by atoms with E-state index in [1.165, 1.54) is 12.3 Å². The number of aromatic nitrogens is 4. The van der Waals surface area contributed by atoms with Crippen molar-refractivity contribution in [3.63, 3.8) is 0 Å². The summed E-state index contributed by atoms with van der Waals surface area (Å²) in [5.41, 5.74) is 3.31. The molecule has 5 rings (SSSR count). The molecule has 3 heterocycles. The van der Waals surface area contributed by atoms with Gasteiger partial charge in [0.25, 0.3) is 0 Å². The van der Waals surface area contributed by atoms with E-state index < -0.39 is 0 Å². The maximum Gasteiger partial charge on any atom is 0.220 e. The Morgan fingerprint density at radius 1 is 1.16 bits per heavy atom. The highest BCUT2D eigenvalue weighted by Gasteiger charge is 2.26. The third-order valence-corrected chi connectivity index (χ3v) is 7.35. The Labute approximate surface area is 222 Å². The normalized spacial score (nSPS) is 18.9. The maximum absolute atomic E-state index is 13.9. The van der Waals surface area contributed by atoms with Gasteiger partial charge in [0.05, 0.1) is 25.1 Å². The Bertz CT molecular complexity index is 1290. The summed E-state index contributed by atoms with van der Waals surface area (Å²) >= 11 is 0. The monoisotopic (exact) mass is 521 g/mol. The highest BCUT2D eigenvalue weighted by atomic mass is 19.1. The predicted octanol–water partition coefficient (Wildman–Crippen LogP) is 4.78. The molecule has 202 valence electrons. The number of fused-ring (bicyclic) bond motifs is 2. The van der Waals surface area contributed by atoms with Crippen LogP contribution in [0.1, 0.15) is 75.0 Å². The van der Waals surface area contributed by atoms with Crippen molar-refractivity contribution in [1.82, 2.24) is 24.8 Å². The number of unbranched alkanes of at least 4 members (excludes halogenated alkanes) is 1. The Kier molecular flexibility index (Phi) is 8.75. The zero-order valence-corrected chi connectivity index (χ0v) is 22.0. The molecule has 1 amide bonds. The molecule has 0 spiro atoms. The first-order chi connectivity index (χ1) is 18.6. The Hall–Kier alpha value is -3.17. The molecule has 1 saturated carbocycles. The highest BCUT2D eigenvalue weighted by molar-refractivity contribution is 5.84. The summed E-state index contributed by atoms with van der Waals surface area (Å²) in [7, 11) is 0. The van der Waals surface area contributed by atoms with E-state index in [9.17, 15) is 9.18 Å². The topological polar surface area (TPSA) is 91.2 Å². The molecule has 3 aromatic rings. The van der Waals surface area contributed by atoms with Crippen LogP contribution in [0.25, 0.3) is 16.6 Å². The van der Waals surface area contributed by atoms with Crippen LogP contribution >= 0.6 is 0 Å². The Balaban J connectivity index is 1.18. The Morgan fingerprint density at radius 3 is 2.95 bits per heavy atom. The molecule has 0 bridgehead atoms. The van der Waals surface area contributed by atoms with Crippen LogP contribution < -0.4 is 5.32 Å². The SMILES string of the molecule is CCOCCOCCCCC(=O)N[C@H]1CCCC(n2ccc3cnc(C4=CCc5ncc(F)cc54)nc32)C1. The van der Waals surface area contributed by atoms with Gasteiger partial charge in [0.2, 0.25) is 5.91 Å². The number of carbonyl (C=O) groups excluding carboxylic acids is 1. The minimum atomic E-state index is -0.359. The second-order valence-electron chi connectivity index (χ2n) is 10.0. The van der Waals surface area contributed by atoms with Crippen LogP contribution in [0.15, 0.2) is 36.8 Å². The predicted molar refractivity (Wildman–Crippen MR) is 143 cm³/mol. The number of amides is 1. The zero-order valence-electron chi connectivity index (χ0n) is 22.0. The number of ether oxygens (including phenoxy) is 2. The average Bonchev–Trinajstić information content (AvgIpc) is 3.54. The average molecular weight is 522 g/mol. The lowest BCUT2D eigenvalue weighted by Gasteiger charge is -2.31. The summed E-state index contributed by atoms with van der Waals surface area (Å²) in [5.74, 6) is 0.341. The lowest BCUT2D eigenvalue weighted by atomic mass is 9.90. The molecule has 0 aliphatic heterocycles. The van der Waals surface area contributed by atoms with Crippen molar-refractivity contribution in [2.24, 2.45) is 0 Å². The largest absolute Gasteiger partial charge is 0.379 e. The second kappa shape index (κ2) is 12.6. The molecule has 9 heteroatoms. The second-order valence-corrected chi connectivity index (χ2v) is 10.0. The van der Waals surface area contributed by atoms with E-state index in [4.69, 9.17) is 14.5 Å². The number of allylic oxidation sites excluding steroid dienone is 1. The molecule has 0 radical (unpaired) electrons. The fourth-order valence-corrected chi connectivity index (χ4v) is 5.45. The van der Waals surface area contributed by atoms with E-state index in [-0.39, 0.29) is 23.8 Å². The lowest BCUT2D eigenvalue weighted by molar-refractivity contribution is -0.122. The standard InChI is InChI=1S/C29H36FN5O3/c1-2-37-14-15-38-13-4-3-8-27(36)33-22-6-5-7-23(17-22)35-12-11-20-18-32-28(34-29(20)35)24-9-10-26-25(24)16-21(30)19-31-26/h9,11-12,16,18-19,22-23H,2-8,10,13-15,17H2,1H3,(H,33,36)/t22-,23?/m0/s1. The summed E-state index contributed by atoms with van der Waals surface area (Å²) < 4.78 is 26.9. The van der Waals surface area contributed by atoms with Crippen molar-refractivity contribution in [2.75, 3.05) is 26.4 Å². The van der Waals surface area contributed by atoms with Crippen LogP contribution in [-0.4, -0.2) is 57.9 Å². The van der Waals surface area contributed by atoms with Crippen molar-refractivity contribution in [3.05, 3.63) is 59.7 Å². The molecule has 2 aliphatic carbocycles. The van der Waals surface area contributed by atoms with E-state index in [2.05, 4.69) is 26.0 Å².